The highest BCUT2D eigenvalue weighted by atomic mass is 19.1. The zero-order valence-corrected chi connectivity index (χ0v) is 15.1. The molecule has 0 saturated heterocycles. The summed E-state index contributed by atoms with van der Waals surface area (Å²) in [5.74, 6) is 0.580. The second-order valence-corrected chi connectivity index (χ2v) is 6.89. The third kappa shape index (κ3) is 4.39. The molecular formula is C19H25FN4O2. The molecular weight excluding hydrogens is 335 g/mol. The molecule has 0 fully saturated rings. The Bertz CT molecular complexity index is 810. The van der Waals surface area contributed by atoms with Crippen molar-refractivity contribution in [2.24, 2.45) is 0 Å². The van der Waals surface area contributed by atoms with Crippen LogP contribution in [0, 0.1) is 5.82 Å². The summed E-state index contributed by atoms with van der Waals surface area (Å²) in [7, 11) is 0. The Morgan fingerprint density at radius 1 is 1.31 bits per heavy atom. The molecule has 1 amide bonds. The maximum Gasteiger partial charge on any atom is 0.345 e. The van der Waals surface area contributed by atoms with E-state index >= 15 is 0 Å². The molecule has 1 aliphatic rings. The van der Waals surface area contributed by atoms with E-state index in [2.05, 4.69) is 10.4 Å². The van der Waals surface area contributed by atoms with Gasteiger partial charge < -0.3 is 5.32 Å². The van der Waals surface area contributed by atoms with Crippen molar-refractivity contribution in [3.05, 3.63) is 52.0 Å². The number of rotatable bonds is 7. The maximum absolute atomic E-state index is 13.0. The van der Waals surface area contributed by atoms with Crippen LogP contribution in [-0.2, 0) is 24.3 Å². The monoisotopic (exact) mass is 360 g/mol. The number of aromatic nitrogens is 3. The minimum absolute atomic E-state index is 0.0260. The molecule has 2 aromatic rings. The Balaban J connectivity index is 1.42. The van der Waals surface area contributed by atoms with Crippen LogP contribution in [0.2, 0.25) is 0 Å². The van der Waals surface area contributed by atoms with E-state index in [1.807, 2.05) is 6.92 Å². The molecule has 0 spiro atoms. The first kappa shape index (κ1) is 18.4. The first-order valence-electron chi connectivity index (χ1n) is 9.23. The SMILES string of the molecule is CC(CC(=O)NCCCn1nc2n(c1=O)CCCC2)c1ccc(F)cc1. The van der Waals surface area contributed by atoms with Gasteiger partial charge in [-0.25, -0.2) is 13.9 Å². The summed E-state index contributed by atoms with van der Waals surface area (Å²) < 4.78 is 16.2. The molecule has 1 aromatic heterocycles. The number of fused-ring (bicyclic) bond motifs is 1. The molecule has 0 radical (unpaired) electrons. The van der Waals surface area contributed by atoms with Gasteiger partial charge >= 0.3 is 5.69 Å². The minimum atomic E-state index is -0.276. The standard InChI is InChI=1S/C19H25FN4O2/c1-14(15-6-8-16(20)9-7-15)13-18(25)21-10-4-12-24-19(26)23-11-3-2-5-17(23)22-24/h6-9,14H,2-5,10-13H2,1H3,(H,21,25). The summed E-state index contributed by atoms with van der Waals surface area (Å²) in [5, 5.41) is 7.27. The Hall–Kier alpha value is -2.44. The van der Waals surface area contributed by atoms with E-state index in [1.165, 1.54) is 16.8 Å². The topological polar surface area (TPSA) is 68.9 Å². The molecule has 1 atom stereocenters. The normalized spacial score (nSPS) is 14.7. The number of nitrogens with zero attached hydrogens (tertiary/aromatic N) is 3. The minimum Gasteiger partial charge on any atom is -0.356 e. The Kier molecular flexibility index (Phi) is 5.85. The highest BCUT2D eigenvalue weighted by molar-refractivity contribution is 5.76. The van der Waals surface area contributed by atoms with Crippen LogP contribution in [0.1, 0.15) is 49.9 Å². The number of carbonyl (C=O) groups is 1. The maximum atomic E-state index is 13.0. The molecule has 1 aromatic carbocycles. The largest absolute Gasteiger partial charge is 0.356 e. The van der Waals surface area contributed by atoms with Crippen LogP contribution in [0.3, 0.4) is 0 Å². The van der Waals surface area contributed by atoms with Crippen LogP contribution in [0.5, 0.6) is 0 Å². The smallest absolute Gasteiger partial charge is 0.345 e. The average molecular weight is 360 g/mol. The molecule has 0 saturated carbocycles. The van der Waals surface area contributed by atoms with E-state index in [4.69, 9.17) is 0 Å². The van der Waals surface area contributed by atoms with E-state index in [-0.39, 0.29) is 23.3 Å². The van der Waals surface area contributed by atoms with Crippen LogP contribution in [0.4, 0.5) is 4.39 Å². The Morgan fingerprint density at radius 2 is 2.08 bits per heavy atom. The van der Waals surface area contributed by atoms with Crippen molar-refractivity contribution in [2.45, 2.75) is 58.0 Å². The summed E-state index contributed by atoms with van der Waals surface area (Å²) in [6.07, 6.45) is 3.98. The van der Waals surface area contributed by atoms with Gasteiger partial charge in [-0.3, -0.25) is 9.36 Å². The van der Waals surface area contributed by atoms with Crippen molar-refractivity contribution in [1.82, 2.24) is 19.7 Å². The lowest BCUT2D eigenvalue weighted by Gasteiger charge is -2.12. The van der Waals surface area contributed by atoms with Crippen molar-refractivity contribution < 1.29 is 9.18 Å². The lowest BCUT2D eigenvalue weighted by atomic mass is 9.97. The quantitative estimate of drug-likeness (QED) is 0.770. The van der Waals surface area contributed by atoms with Gasteiger partial charge in [0.05, 0.1) is 0 Å². The highest BCUT2D eigenvalue weighted by Crippen LogP contribution is 2.19. The first-order valence-corrected chi connectivity index (χ1v) is 9.23. The second-order valence-electron chi connectivity index (χ2n) is 6.89. The van der Waals surface area contributed by atoms with Crippen LogP contribution >= 0.6 is 0 Å². The summed E-state index contributed by atoms with van der Waals surface area (Å²) in [4.78, 5) is 24.3. The number of benzene rings is 1. The highest BCUT2D eigenvalue weighted by Gasteiger charge is 2.16. The number of carbonyl (C=O) groups excluding carboxylic acids is 1. The van der Waals surface area contributed by atoms with Crippen LogP contribution in [-0.4, -0.2) is 26.8 Å². The van der Waals surface area contributed by atoms with Gasteiger partial charge in [0.25, 0.3) is 0 Å². The summed E-state index contributed by atoms with van der Waals surface area (Å²) >= 11 is 0. The van der Waals surface area contributed by atoms with Gasteiger partial charge in [-0.2, -0.15) is 5.10 Å². The third-order valence-corrected chi connectivity index (χ3v) is 4.83. The fourth-order valence-electron chi connectivity index (χ4n) is 3.31. The van der Waals surface area contributed by atoms with Gasteiger partial charge in [-0.15, -0.1) is 0 Å². The molecule has 6 nitrogen and oxygen atoms in total. The molecule has 2 heterocycles. The summed E-state index contributed by atoms with van der Waals surface area (Å²) in [5.41, 5.74) is 0.896. The number of halogens is 1. The van der Waals surface area contributed by atoms with Crippen molar-refractivity contribution >= 4 is 5.91 Å². The van der Waals surface area contributed by atoms with E-state index in [1.54, 1.807) is 16.7 Å². The zero-order valence-electron chi connectivity index (χ0n) is 15.1. The molecule has 140 valence electrons. The van der Waals surface area contributed by atoms with E-state index in [9.17, 15) is 14.0 Å². The molecule has 0 bridgehead atoms. The second kappa shape index (κ2) is 8.29. The number of nitrogens with one attached hydrogen (secondary N) is 1. The number of aryl methyl sites for hydroxylation is 2. The van der Waals surface area contributed by atoms with Gasteiger partial charge in [0, 0.05) is 32.5 Å². The average Bonchev–Trinajstić information content (AvgIpc) is 2.95. The van der Waals surface area contributed by atoms with Crippen LogP contribution in [0.15, 0.2) is 29.1 Å². The predicted molar refractivity (Wildman–Crippen MR) is 96.5 cm³/mol. The van der Waals surface area contributed by atoms with E-state index in [0.29, 0.717) is 25.9 Å². The molecule has 0 aliphatic carbocycles. The van der Waals surface area contributed by atoms with Crippen molar-refractivity contribution in [3.8, 4) is 0 Å². The van der Waals surface area contributed by atoms with E-state index in [0.717, 1.165) is 37.2 Å². The van der Waals surface area contributed by atoms with Gasteiger partial charge in [0.15, 0.2) is 0 Å². The van der Waals surface area contributed by atoms with Gasteiger partial charge in [0.1, 0.15) is 11.6 Å². The fraction of sp³-hybridized carbons (Fsp3) is 0.526. The van der Waals surface area contributed by atoms with Gasteiger partial charge in [0.2, 0.25) is 5.91 Å². The molecule has 26 heavy (non-hydrogen) atoms. The third-order valence-electron chi connectivity index (χ3n) is 4.83. The molecule has 1 N–H and O–H groups in total. The van der Waals surface area contributed by atoms with E-state index < -0.39 is 0 Å². The van der Waals surface area contributed by atoms with Crippen LogP contribution < -0.4 is 11.0 Å². The van der Waals surface area contributed by atoms with Crippen molar-refractivity contribution in [3.63, 3.8) is 0 Å². The summed E-state index contributed by atoms with van der Waals surface area (Å²) in [6, 6.07) is 6.23. The predicted octanol–water partition coefficient (Wildman–Crippen LogP) is 2.22. The lowest BCUT2D eigenvalue weighted by molar-refractivity contribution is -0.121. The van der Waals surface area contributed by atoms with Gasteiger partial charge in [-0.05, 0) is 42.9 Å². The molecule has 3 rings (SSSR count). The molecule has 1 aliphatic heterocycles. The summed E-state index contributed by atoms with van der Waals surface area (Å²) in [6.45, 7) is 3.71. The van der Waals surface area contributed by atoms with Gasteiger partial charge in [-0.1, -0.05) is 19.1 Å². The number of hydrogen-bond acceptors (Lipinski definition) is 3. The van der Waals surface area contributed by atoms with Crippen molar-refractivity contribution in [1.29, 1.82) is 0 Å². The van der Waals surface area contributed by atoms with Crippen LogP contribution in [0.25, 0.3) is 0 Å². The number of hydrogen-bond donors (Lipinski definition) is 1. The molecule has 7 heteroatoms. The Labute approximate surface area is 152 Å². The Morgan fingerprint density at radius 3 is 2.81 bits per heavy atom. The van der Waals surface area contributed by atoms with Crippen molar-refractivity contribution in [2.75, 3.05) is 6.54 Å². The zero-order chi connectivity index (χ0) is 18.5. The lowest BCUT2D eigenvalue weighted by Crippen LogP contribution is -2.29. The first-order chi connectivity index (χ1) is 12.5. The molecule has 1 unspecified atom stereocenters. The number of amides is 1. The fourth-order valence-corrected chi connectivity index (χ4v) is 3.31.